The Labute approximate surface area is 109 Å². The van der Waals surface area contributed by atoms with Crippen LogP contribution in [0.15, 0.2) is 0 Å². The number of carboxylic acids is 1. The molecular weight excluding hydrogens is 234 g/mol. The topological polar surface area (TPSA) is 77.8 Å². The van der Waals surface area contributed by atoms with E-state index in [0.717, 1.165) is 12.8 Å². The number of unbranched alkanes of at least 4 members (excludes halogenated alkanes) is 1. The van der Waals surface area contributed by atoms with E-state index < -0.39 is 11.4 Å². The zero-order valence-corrected chi connectivity index (χ0v) is 11.6. The van der Waals surface area contributed by atoms with E-state index in [1.165, 1.54) is 0 Å². The van der Waals surface area contributed by atoms with E-state index in [0.29, 0.717) is 13.1 Å². The van der Waals surface area contributed by atoms with Crippen LogP contribution >= 0.6 is 0 Å². The fraction of sp³-hybridized carbons (Fsp3) is 0.846. The van der Waals surface area contributed by atoms with Crippen LogP contribution < -0.4 is 0 Å². The molecule has 0 atom stereocenters. The lowest BCUT2D eigenvalue weighted by atomic mass is 9.85. The molecule has 0 aromatic rings. The highest BCUT2D eigenvalue weighted by Gasteiger charge is 2.27. The monoisotopic (exact) mass is 259 g/mol. The molecule has 0 aliphatic heterocycles. The molecule has 0 fully saturated rings. The van der Waals surface area contributed by atoms with Crippen LogP contribution in [0.2, 0.25) is 0 Å². The molecule has 2 N–H and O–H groups in total. The van der Waals surface area contributed by atoms with Crippen molar-refractivity contribution in [2.24, 2.45) is 5.41 Å². The van der Waals surface area contributed by atoms with Gasteiger partial charge in [-0.05, 0) is 11.8 Å². The second kappa shape index (κ2) is 8.08. The van der Waals surface area contributed by atoms with Crippen LogP contribution in [0.1, 0.15) is 46.5 Å². The lowest BCUT2D eigenvalue weighted by Gasteiger charge is -2.27. The Morgan fingerprint density at radius 2 is 1.78 bits per heavy atom. The van der Waals surface area contributed by atoms with Gasteiger partial charge in [0.25, 0.3) is 0 Å². The van der Waals surface area contributed by atoms with Gasteiger partial charge in [0.2, 0.25) is 5.91 Å². The summed E-state index contributed by atoms with van der Waals surface area (Å²) in [5.74, 6) is -0.973. The number of hydrogen-bond acceptors (Lipinski definition) is 3. The number of aliphatic hydroxyl groups excluding tert-OH is 1. The largest absolute Gasteiger partial charge is 0.481 e. The Bertz CT molecular complexity index is 276. The molecule has 0 heterocycles. The molecule has 5 nitrogen and oxygen atoms in total. The van der Waals surface area contributed by atoms with Crippen molar-refractivity contribution in [1.29, 1.82) is 0 Å². The highest BCUT2D eigenvalue weighted by Crippen LogP contribution is 2.26. The van der Waals surface area contributed by atoms with Crippen LogP contribution in [0.25, 0.3) is 0 Å². The van der Waals surface area contributed by atoms with Crippen molar-refractivity contribution in [2.75, 3.05) is 19.7 Å². The van der Waals surface area contributed by atoms with Crippen LogP contribution in [0.3, 0.4) is 0 Å². The number of carboxylic acid groups (broad SMARTS) is 1. The van der Waals surface area contributed by atoms with Crippen LogP contribution in [0.4, 0.5) is 0 Å². The number of aliphatic hydroxyl groups is 1. The first kappa shape index (κ1) is 16.9. The van der Waals surface area contributed by atoms with Crippen molar-refractivity contribution >= 4 is 11.9 Å². The molecule has 0 unspecified atom stereocenters. The summed E-state index contributed by atoms with van der Waals surface area (Å²) >= 11 is 0. The van der Waals surface area contributed by atoms with E-state index >= 15 is 0 Å². The van der Waals surface area contributed by atoms with Gasteiger partial charge in [0, 0.05) is 19.5 Å². The highest BCUT2D eigenvalue weighted by atomic mass is 16.4. The smallest absolute Gasteiger partial charge is 0.303 e. The molecule has 0 aromatic heterocycles. The van der Waals surface area contributed by atoms with Crippen molar-refractivity contribution in [2.45, 2.75) is 46.5 Å². The van der Waals surface area contributed by atoms with Gasteiger partial charge in [-0.3, -0.25) is 9.59 Å². The van der Waals surface area contributed by atoms with Crippen LogP contribution in [-0.2, 0) is 9.59 Å². The lowest BCUT2D eigenvalue weighted by Crippen LogP contribution is -2.37. The Kier molecular flexibility index (Phi) is 7.59. The van der Waals surface area contributed by atoms with E-state index in [2.05, 4.69) is 0 Å². The summed E-state index contributed by atoms with van der Waals surface area (Å²) < 4.78 is 0. The third-order valence-electron chi connectivity index (χ3n) is 2.76. The number of carbonyl (C=O) groups excluding carboxylic acids is 1. The molecule has 1 amide bonds. The zero-order valence-electron chi connectivity index (χ0n) is 11.6. The minimum Gasteiger partial charge on any atom is -0.481 e. The first-order chi connectivity index (χ1) is 8.32. The summed E-state index contributed by atoms with van der Waals surface area (Å²) in [6.07, 6.45) is 2.04. The number of aliphatic carboxylic acids is 1. The van der Waals surface area contributed by atoms with Crippen molar-refractivity contribution < 1.29 is 19.8 Å². The van der Waals surface area contributed by atoms with Gasteiger partial charge < -0.3 is 15.1 Å². The van der Waals surface area contributed by atoms with Gasteiger partial charge in [-0.15, -0.1) is 0 Å². The van der Waals surface area contributed by atoms with Gasteiger partial charge in [-0.1, -0.05) is 27.2 Å². The molecule has 0 saturated carbocycles. The molecule has 106 valence electrons. The predicted molar refractivity (Wildman–Crippen MR) is 69.2 cm³/mol. The molecule has 0 radical (unpaired) electrons. The van der Waals surface area contributed by atoms with Gasteiger partial charge in [0.15, 0.2) is 0 Å². The Hall–Kier alpha value is -1.10. The second-order valence-electron chi connectivity index (χ2n) is 5.37. The average Bonchev–Trinajstić information content (AvgIpc) is 2.21. The number of carbonyl (C=O) groups is 2. The van der Waals surface area contributed by atoms with Crippen LogP contribution in [-0.4, -0.2) is 46.7 Å². The molecule has 0 saturated heterocycles. The Balaban J connectivity index is 4.43. The summed E-state index contributed by atoms with van der Waals surface area (Å²) in [5.41, 5.74) is -0.553. The normalized spacial score (nSPS) is 11.3. The maximum atomic E-state index is 12.1. The summed E-state index contributed by atoms with van der Waals surface area (Å²) in [4.78, 5) is 24.4. The minimum absolute atomic E-state index is 0.0283. The number of hydrogen-bond donors (Lipinski definition) is 2. The van der Waals surface area contributed by atoms with Crippen molar-refractivity contribution in [3.8, 4) is 0 Å². The molecule has 0 aliphatic rings. The number of rotatable bonds is 9. The van der Waals surface area contributed by atoms with Gasteiger partial charge in [-0.25, -0.2) is 0 Å². The third-order valence-corrected chi connectivity index (χ3v) is 2.76. The first-order valence-corrected chi connectivity index (χ1v) is 6.43. The first-order valence-electron chi connectivity index (χ1n) is 6.43. The van der Waals surface area contributed by atoms with E-state index in [9.17, 15) is 9.59 Å². The molecule has 0 aliphatic carbocycles. The van der Waals surface area contributed by atoms with Crippen molar-refractivity contribution in [3.63, 3.8) is 0 Å². The van der Waals surface area contributed by atoms with Crippen molar-refractivity contribution in [1.82, 2.24) is 4.90 Å². The van der Waals surface area contributed by atoms with E-state index in [1.807, 2.05) is 6.92 Å². The predicted octanol–water partition coefficient (Wildman–Crippen LogP) is 1.50. The lowest BCUT2D eigenvalue weighted by molar-refractivity contribution is -0.140. The summed E-state index contributed by atoms with van der Waals surface area (Å²) in [5, 5.41) is 17.7. The van der Waals surface area contributed by atoms with Gasteiger partial charge in [0.05, 0.1) is 13.0 Å². The van der Waals surface area contributed by atoms with Gasteiger partial charge >= 0.3 is 5.97 Å². The van der Waals surface area contributed by atoms with Gasteiger partial charge in [0.1, 0.15) is 0 Å². The van der Waals surface area contributed by atoms with Crippen LogP contribution in [0, 0.1) is 5.41 Å². The molecule has 5 heteroatoms. The number of nitrogens with zero attached hydrogens (tertiary/aromatic N) is 1. The fourth-order valence-corrected chi connectivity index (χ4v) is 1.82. The fourth-order valence-electron chi connectivity index (χ4n) is 1.82. The molecular formula is C13H25NO4. The molecule has 0 rings (SSSR count). The minimum atomic E-state index is -0.893. The van der Waals surface area contributed by atoms with Gasteiger partial charge in [-0.2, -0.15) is 0 Å². The Morgan fingerprint density at radius 1 is 1.17 bits per heavy atom. The summed E-state index contributed by atoms with van der Waals surface area (Å²) in [6, 6.07) is 0. The highest BCUT2D eigenvalue weighted by molar-refractivity contribution is 5.78. The molecule has 18 heavy (non-hydrogen) atoms. The summed E-state index contributed by atoms with van der Waals surface area (Å²) in [6.45, 7) is 6.47. The second-order valence-corrected chi connectivity index (χ2v) is 5.37. The Morgan fingerprint density at radius 3 is 2.22 bits per heavy atom. The maximum Gasteiger partial charge on any atom is 0.303 e. The van der Waals surface area contributed by atoms with E-state index in [1.54, 1.807) is 18.7 Å². The molecule has 0 spiro atoms. The zero-order chi connectivity index (χ0) is 14.2. The quantitative estimate of drug-likeness (QED) is 0.657. The average molecular weight is 259 g/mol. The standard InChI is InChI=1S/C13H25NO4/c1-4-5-6-14(7-8-15)11(16)9-13(2,3)10-12(17)18/h15H,4-10H2,1-3H3,(H,17,18). The van der Waals surface area contributed by atoms with E-state index in [-0.39, 0.29) is 25.4 Å². The molecule has 0 aromatic carbocycles. The third kappa shape index (κ3) is 7.27. The number of amides is 1. The summed E-state index contributed by atoms with van der Waals surface area (Å²) in [7, 11) is 0. The van der Waals surface area contributed by atoms with Crippen molar-refractivity contribution in [3.05, 3.63) is 0 Å². The molecule has 0 bridgehead atoms. The van der Waals surface area contributed by atoms with E-state index in [4.69, 9.17) is 10.2 Å². The SMILES string of the molecule is CCCCN(CCO)C(=O)CC(C)(C)CC(=O)O. The van der Waals surface area contributed by atoms with Crippen LogP contribution in [0.5, 0.6) is 0 Å². The maximum absolute atomic E-state index is 12.1.